The summed E-state index contributed by atoms with van der Waals surface area (Å²) < 4.78 is 0. The topological polar surface area (TPSA) is 101 Å². The quantitative estimate of drug-likeness (QED) is 0.530. The Balaban J connectivity index is 1.73. The number of hydrogen-bond acceptors (Lipinski definition) is 5. The van der Waals surface area contributed by atoms with Crippen LogP contribution in [0.5, 0.6) is 0 Å². The van der Waals surface area contributed by atoms with Crippen LogP contribution in [0.3, 0.4) is 0 Å². The highest BCUT2D eigenvalue weighted by Gasteiger charge is 2.41. The highest BCUT2D eigenvalue weighted by molar-refractivity contribution is 6.60. The molecule has 0 aliphatic carbocycles. The van der Waals surface area contributed by atoms with Crippen molar-refractivity contribution in [2.75, 3.05) is 32.7 Å². The SMILES string of the molecule is CC(C)CN1CC2CN(C(=O)c3ccc(B(O)O)c(C=O)c3)CCN2C1=O. The Kier molecular flexibility index (Phi) is 5.52. The third-order valence-electron chi connectivity index (χ3n) is 5.04. The summed E-state index contributed by atoms with van der Waals surface area (Å²) in [6.45, 7) is 6.80. The summed E-state index contributed by atoms with van der Waals surface area (Å²) in [5, 5.41) is 18.6. The second-order valence-electron chi connectivity index (χ2n) is 7.52. The van der Waals surface area contributed by atoms with Gasteiger partial charge in [0, 0.05) is 43.9 Å². The molecule has 9 heteroatoms. The molecule has 0 saturated carbocycles. The number of benzene rings is 1. The maximum atomic E-state index is 12.8. The number of piperazine rings is 1. The van der Waals surface area contributed by atoms with Crippen LogP contribution in [0.4, 0.5) is 4.79 Å². The summed E-state index contributed by atoms with van der Waals surface area (Å²) in [5.41, 5.74) is 0.462. The zero-order valence-electron chi connectivity index (χ0n) is 15.5. The molecular weight excluding hydrogens is 349 g/mol. The normalized spacial score (nSPS) is 19.5. The predicted molar refractivity (Wildman–Crippen MR) is 99.9 cm³/mol. The van der Waals surface area contributed by atoms with Crippen LogP contribution < -0.4 is 5.46 Å². The lowest BCUT2D eigenvalue weighted by Gasteiger charge is -2.36. The second-order valence-corrected chi connectivity index (χ2v) is 7.52. The van der Waals surface area contributed by atoms with Gasteiger partial charge in [0.05, 0.1) is 6.04 Å². The highest BCUT2D eigenvalue weighted by Crippen LogP contribution is 2.22. The zero-order valence-corrected chi connectivity index (χ0v) is 15.5. The molecule has 2 aliphatic heterocycles. The number of nitrogens with zero attached hydrogens (tertiary/aromatic N) is 3. The van der Waals surface area contributed by atoms with Crippen molar-refractivity contribution in [3.05, 3.63) is 29.3 Å². The summed E-state index contributed by atoms with van der Waals surface area (Å²) in [6.07, 6.45) is 0.503. The molecule has 144 valence electrons. The number of carbonyl (C=O) groups excluding carboxylic acids is 3. The van der Waals surface area contributed by atoms with E-state index in [0.717, 1.165) is 0 Å². The van der Waals surface area contributed by atoms with Crippen LogP contribution in [-0.2, 0) is 0 Å². The summed E-state index contributed by atoms with van der Waals surface area (Å²) in [4.78, 5) is 41.9. The van der Waals surface area contributed by atoms with Gasteiger partial charge < -0.3 is 24.7 Å². The van der Waals surface area contributed by atoms with Gasteiger partial charge >= 0.3 is 13.1 Å². The van der Waals surface area contributed by atoms with Gasteiger partial charge in [-0.05, 0) is 23.5 Å². The maximum absolute atomic E-state index is 12.8. The minimum Gasteiger partial charge on any atom is -0.423 e. The summed E-state index contributed by atoms with van der Waals surface area (Å²) >= 11 is 0. The van der Waals surface area contributed by atoms with E-state index in [2.05, 4.69) is 13.8 Å². The fourth-order valence-electron chi connectivity index (χ4n) is 3.78. The van der Waals surface area contributed by atoms with Crippen molar-refractivity contribution in [3.63, 3.8) is 0 Å². The predicted octanol–water partition coefficient (Wildman–Crippen LogP) is -0.603. The molecule has 0 radical (unpaired) electrons. The average Bonchev–Trinajstić information content (AvgIpc) is 2.94. The lowest BCUT2D eigenvalue weighted by Crippen LogP contribution is -2.53. The number of hydrogen-bond donors (Lipinski definition) is 2. The first-order chi connectivity index (χ1) is 12.8. The van der Waals surface area contributed by atoms with Crippen molar-refractivity contribution in [2.45, 2.75) is 19.9 Å². The van der Waals surface area contributed by atoms with E-state index in [-0.39, 0.29) is 29.0 Å². The molecule has 1 aromatic rings. The second kappa shape index (κ2) is 7.70. The molecule has 27 heavy (non-hydrogen) atoms. The summed E-state index contributed by atoms with van der Waals surface area (Å²) in [6, 6.07) is 4.24. The van der Waals surface area contributed by atoms with Gasteiger partial charge in [-0.15, -0.1) is 0 Å². The van der Waals surface area contributed by atoms with E-state index in [0.29, 0.717) is 50.5 Å². The lowest BCUT2D eigenvalue weighted by molar-refractivity contribution is 0.0617. The van der Waals surface area contributed by atoms with Gasteiger partial charge in [0.15, 0.2) is 0 Å². The van der Waals surface area contributed by atoms with E-state index in [1.165, 1.54) is 18.2 Å². The van der Waals surface area contributed by atoms with Gasteiger partial charge in [-0.3, -0.25) is 9.59 Å². The van der Waals surface area contributed by atoms with Gasteiger partial charge in [-0.1, -0.05) is 19.9 Å². The van der Waals surface area contributed by atoms with Crippen LogP contribution in [-0.4, -0.2) is 88.9 Å². The van der Waals surface area contributed by atoms with Gasteiger partial charge in [0.25, 0.3) is 5.91 Å². The maximum Gasteiger partial charge on any atom is 0.489 e. The van der Waals surface area contributed by atoms with Crippen LogP contribution in [0.2, 0.25) is 0 Å². The molecule has 1 atom stereocenters. The Hall–Kier alpha value is -2.39. The van der Waals surface area contributed by atoms with E-state index in [1.54, 1.807) is 4.90 Å². The van der Waals surface area contributed by atoms with E-state index >= 15 is 0 Å². The van der Waals surface area contributed by atoms with Crippen molar-refractivity contribution in [3.8, 4) is 0 Å². The lowest BCUT2D eigenvalue weighted by atomic mass is 9.76. The van der Waals surface area contributed by atoms with Crippen LogP contribution in [0.25, 0.3) is 0 Å². The molecule has 2 N–H and O–H groups in total. The Morgan fingerprint density at radius 1 is 1.30 bits per heavy atom. The smallest absolute Gasteiger partial charge is 0.423 e. The third kappa shape index (κ3) is 3.84. The average molecular weight is 373 g/mol. The van der Waals surface area contributed by atoms with Crippen molar-refractivity contribution in [1.82, 2.24) is 14.7 Å². The van der Waals surface area contributed by atoms with E-state index in [1.807, 2.05) is 9.80 Å². The third-order valence-corrected chi connectivity index (χ3v) is 5.04. The molecule has 8 nitrogen and oxygen atoms in total. The molecular formula is C18H24BN3O5. The first-order valence-electron chi connectivity index (χ1n) is 9.12. The Morgan fingerprint density at radius 3 is 2.67 bits per heavy atom. The molecule has 2 saturated heterocycles. The molecule has 2 aliphatic rings. The largest absolute Gasteiger partial charge is 0.489 e. The van der Waals surface area contributed by atoms with Gasteiger partial charge in [0.1, 0.15) is 6.29 Å². The monoisotopic (exact) mass is 373 g/mol. The summed E-state index contributed by atoms with van der Waals surface area (Å²) in [5.74, 6) is 0.154. The molecule has 0 aromatic heterocycles. The van der Waals surface area contributed by atoms with Crippen molar-refractivity contribution < 1.29 is 24.4 Å². The van der Waals surface area contributed by atoms with Crippen LogP contribution >= 0.6 is 0 Å². The standard InChI is InChI=1S/C18H24BN3O5/c1-12(2)8-21-10-15-9-20(5-6-22(15)18(21)25)17(24)13-3-4-16(19(26)27)14(7-13)11-23/h3-4,7,11-12,15,26-27H,5-6,8-10H2,1-2H3. The number of carbonyl (C=O) groups is 3. The number of urea groups is 1. The highest BCUT2D eigenvalue weighted by atomic mass is 16.4. The number of rotatable bonds is 5. The van der Waals surface area contributed by atoms with Crippen LogP contribution in [0.1, 0.15) is 34.6 Å². The zero-order chi connectivity index (χ0) is 19.7. The van der Waals surface area contributed by atoms with E-state index in [9.17, 15) is 24.4 Å². The molecule has 0 bridgehead atoms. The minimum absolute atomic E-state index is 0.0296. The number of aldehydes is 1. The molecule has 3 amide bonds. The Labute approximate surface area is 158 Å². The minimum atomic E-state index is -1.77. The van der Waals surface area contributed by atoms with Crippen molar-refractivity contribution in [1.29, 1.82) is 0 Å². The molecule has 1 unspecified atom stereocenters. The van der Waals surface area contributed by atoms with Gasteiger partial charge in [0.2, 0.25) is 0 Å². The fourth-order valence-corrected chi connectivity index (χ4v) is 3.78. The van der Waals surface area contributed by atoms with E-state index < -0.39 is 7.12 Å². The fraction of sp³-hybridized carbons (Fsp3) is 0.500. The molecule has 2 fully saturated rings. The van der Waals surface area contributed by atoms with Crippen molar-refractivity contribution >= 4 is 30.8 Å². The van der Waals surface area contributed by atoms with Gasteiger partial charge in [-0.25, -0.2) is 4.79 Å². The Morgan fingerprint density at radius 2 is 2.04 bits per heavy atom. The van der Waals surface area contributed by atoms with Crippen LogP contribution in [0, 0.1) is 5.92 Å². The molecule has 1 aromatic carbocycles. The van der Waals surface area contributed by atoms with Crippen molar-refractivity contribution in [2.24, 2.45) is 5.92 Å². The van der Waals surface area contributed by atoms with E-state index in [4.69, 9.17) is 0 Å². The number of amides is 3. The van der Waals surface area contributed by atoms with Gasteiger partial charge in [-0.2, -0.15) is 0 Å². The molecule has 3 rings (SSSR count). The first-order valence-corrected chi connectivity index (χ1v) is 9.12. The first kappa shape index (κ1) is 19.4. The Bertz CT molecular complexity index is 755. The number of fused-ring (bicyclic) bond motifs is 1. The van der Waals surface area contributed by atoms with Crippen LogP contribution in [0.15, 0.2) is 18.2 Å². The molecule has 0 spiro atoms. The molecule has 2 heterocycles. The summed E-state index contributed by atoms with van der Waals surface area (Å²) in [7, 11) is -1.77.